The van der Waals surface area contributed by atoms with Crippen LogP contribution < -0.4 is 10.2 Å². The van der Waals surface area contributed by atoms with E-state index in [1.807, 2.05) is 37.3 Å². The molecule has 1 aromatic rings. The molecule has 144 valence electrons. The van der Waals surface area contributed by atoms with E-state index in [4.69, 9.17) is 19.4 Å². The van der Waals surface area contributed by atoms with E-state index in [0.717, 1.165) is 25.0 Å². The van der Waals surface area contributed by atoms with Gasteiger partial charge in [0.15, 0.2) is 0 Å². The first-order valence-corrected chi connectivity index (χ1v) is 9.55. The van der Waals surface area contributed by atoms with Gasteiger partial charge in [0.1, 0.15) is 5.75 Å². The number of carbonyl (C=O) groups is 1. The molecule has 0 aliphatic carbocycles. The first kappa shape index (κ1) is 19.1. The second-order valence-corrected chi connectivity index (χ2v) is 7.29. The summed E-state index contributed by atoms with van der Waals surface area (Å²) in [7, 11) is 0. The van der Waals surface area contributed by atoms with Gasteiger partial charge in [0.2, 0.25) is 5.91 Å². The minimum atomic E-state index is -0.375. The lowest BCUT2D eigenvalue weighted by Gasteiger charge is -2.28. The summed E-state index contributed by atoms with van der Waals surface area (Å²) >= 11 is 0. The van der Waals surface area contributed by atoms with Crippen LogP contribution >= 0.6 is 0 Å². The van der Waals surface area contributed by atoms with E-state index in [1.165, 1.54) is 0 Å². The van der Waals surface area contributed by atoms with Gasteiger partial charge in [-0.3, -0.25) is 10.0 Å². The molecule has 0 radical (unpaired) electrons. The molecule has 6 nitrogen and oxygen atoms in total. The van der Waals surface area contributed by atoms with Crippen LogP contribution in [-0.2, 0) is 14.3 Å². The van der Waals surface area contributed by atoms with Gasteiger partial charge < -0.3 is 14.2 Å². The van der Waals surface area contributed by atoms with E-state index in [2.05, 4.69) is 0 Å². The van der Waals surface area contributed by atoms with E-state index >= 15 is 0 Å². The van der Waals surface area contributed by atoms with Crippen molar-refractivity contribution in [3.63, 3.8) is 0 Å². The third kappa shape index (κ3) is 4.96. The van der Waals surface area contributed by atoms with E-state index < -0.39 is 0 Å². The molecule has 26 heavy (non-hydrogen) atoms. The molecule has 0 saturated carbocycles. The molecule has 3 rings (SSSR count). The van der Waals surface area contributed by atoms with Crippen LogP contribution in [0.5, 0.6) is 5.75 Å². The topological polar surface area (TPSA) is 77.0 Å². The molecule has 2 aliphatic heterocycles. The highest BCUT2D eigenvalue weighted by atomic mass is 16.5. The molecule has 0 aromatic heterocycles. The summed E-state index contributed by atoms with van der Waals surface area (Å²) in [6, 6.07) is 9.92. The highest BCUT2D eigenvalue weighted by Crippen LogP contribution is 2.45. The Morgan fingerprint density at radius 3 is 2.73 bits per heavy atom. The number of hydrogen-bond acceptors (Lipinski definition) is 5. The zero-order valence-corrected chi connectivity index (χ0v) is 15.3. The maximum absolute atomic E-state index is 11.1. The third-order valence-corrected chi connectivity index (χ3v) is 5.53. The first-order chi connectivity index (χ1) is 12.7. The van der Waals surface area contributed by atoms with Crippen LogP contribution in [0.4, 0.5) is 0 Å². The van der Waals surface area contributed by atoms with Gasteiger partial charge in [-0.1, -0.05) is 18.2 Å². The number of fused-ring (bicyclic) bond motifs is 2. The zero-order chi connectivity index (χ0) is 18.4. The molecule has 2 bridgehead atoms. The van der Waals surface area contributed by atoms with Gasteiger partial charge >= 0.3 is 0 Å². The standard InChI is InChI=1S/C20H29NO5/c1-14(7-10-20(22)21-23)24-12-11-16-17(19-9-8-18(16)26-19)13-25-15-5-3-2-4-6-15/h2-6,14,16-19,23H,7-13H2,1H3,(H,21,22). The second-order valence-electron chi connectivity index (χ2n) is 7.29. The number of para-hydroxylation sites is 1. The SMILES string of the molecule is CC(CCC(=O)NO)OCCC1C2CCC(O2)C1COc1ccccc1. The maximum atomic E-state index is 11.1. The zero-order valence-electron chi connectivity index (χ0n) is 15.3. The Bertz CT molecular complexity index is 567. The number of carbonyl (C=O) groups excluding carboxylic acids is 1. The molecular formula is C20H29NO5. The number of nitrogens with one attached hydrogen (secondary N) is 1. The summed E-state index contributed by atoms with van der Waals surface area (Å²) in [5.74, 6) is 1.40. The van der Waals surface area contributed by atoms with Crippen molar-refractivity contribution < 1.29 is 24.2 Å². The van der Waals surface area contributed by atoms with Crippen molar-refractivity contribution >= 4 is 5.91 Å². The lowest BCUT2D eigenvalue weighted by molar-refractivity contribution is -0.129. The molecule has 1 aromatic carbocycles. The molecule has 2 N–H and O–H groups in total. The molecule has 1 amide bonds. The Labute approximate surface area is 154 Å². The normalized spacial score (nSPS) is 28.1. The third-order valence-electron chi connectivity index (χ3n) is 5.53. The number of ether oxygens (including phenoxy) is 3. The number of amides is 1. The maximum Gasteiger partial charge on any atom is 0.243 e. The molecule has 2 heterocycles. The van der Waals surface area contributed by atoms with Gasteiger partial charge in [0.05, 0.1) is 24.9 Å². The largest absolute Gasteiger partial charge is 0.493 e. The van der Waals surface area contributed by atoms with Crippen molar-refractivity contribution in [3.8, 4) is 5.75 Å². The van der Waals surface area contributed by atoms with Gasteiger partial charge in [0, 0.05) is 18.9 Å². The van der Waals surface area contributed by atoms with Crippen LogP contribution in [0.3, 0.4) is 0 Å². The average Bonchev–Trinajstić information content (AvgIpc) is 3.27. The van der Waals surface area contributed by atoms with E-state index in [0.29, 0.717) is 43.7 Å². The van der Waals surface area contributed by atoms with Crippen molar-refractivity contribution in [1.29, 1.82) is 0 Å². The Kier molecular flexibility index (Phi) is 6.88. The lowest BCUT2D eigenvalue weighted by atomic mass is 9.78. The van der Waals surface area contributed by atoms with Crippen LogP contribution in [0.1, 0.15) is 39.0 Å². The average molecular weight is 363 g/mol. The fourth-order valence-electron chi connectivity index (χ4n) is 4.09. The minimum Gasteiger partial charge on any atom is -0.493 e. The first-order valence-electron chi connectivity index (χ1n) is 9.55. The molecular weight excluding hydrogens is 334 g/mol. The summed E-state index contributed by atoms with van der Waals surface area (Å²) in [5, 5.41) is 8.52. The van der Waals surface area contributed by atoms with Gasteiger partial charge in [-0.05, 0) is 50.7 Å². The van der Waals surface area contributed by atoms with E-state index in [9.17, 15) is 4.79 Å². The van der Waals surface area contributed by atoms with Crippen LogP contribution in [0.2, 0.25) is 0 Å². The van der Waals surface area contributed by atoms with Crippen molar-refractivity contribution in [3.05, 3.63) is 30.3 Å². The highest BCUT2D eigenvalue weighted by molar-refractivity contribution is 5.74. The van der Waals surface area contributed by atoms with Crippen molar-refractivity contribution in [2.45, 2.75) is 57.3 Å². The molecule has 6 heteroatoms. The molecule has 5 unspecified atom stereocenters. The van der Waals surface area contributed by atoms with Gasteiger partial charge in [0.25, 0.3) is 0 Å². The van der Waals surface area contributed by atoms with Crippen molar-refractivity contribution in [1.82, 2.24) is 5.48 Å². The Morgan fingerprint density at radius 2 is 2.00 bits per heavy atom. The predicted octanol–water partition coefficient (Wildman–Crippen LogP) is 2.94. The smallest absolute Gasteiger partial charge is 0.243 e. The van der Waals surface area contributed by atoms with E-state index in [1.54, 1.807) is 5.48 Å². The number of hydroxylamine groups is 1. The highest BCUT2D eigenvalue weighted by Gasteiger charge is 2.48. The second kappa shape index (κ2) is 9.35. The minimum absolute atomic E-state index is 0.00849. The van der Waals surface area contributed by atoms with Gasteiger partial charge in [-0.15, -0.1) is 0 Å². The molecule has 2 fully saturated rings. The fourth-order valence-corrected chi connectivity index (χ4v) is 4.09. The molecule has 0 spiro atoms. The monoisotopic (exact) mass is 363 g/mol. The summed E-state index contributed by atoms with van der Waals surface area (Å²) in [4.78, 5) is 11.1. The van der Waals surface area contributed by atoms with Gasteiger partial charge in [-0.25, -0.2) is 5.48 Å². The molecule has 2 saturated heterocycles. The summed E-state index contributed by atoms with van der Waals surface area (Å²) in [5.41, 5.74) is 1.65. The van der Waals surface area contributed by atoms with Crippen molar-refractivity contribution in [2.24, 2.45) is 11.8 Å². The van der Waals surface area contributed by atoms with Crippen LogP contribution in [0.15, 0.2) is 30.3 Å². The van der Waals surface area contributed by atoms with Crippen LogP contribution in [0, 0.1) is 11.8 Å². The Morgan fingerprint density at radius 1 is 1.27 bits per heavy atom. The Balaban J connectivity index is 1.43. The molecule has 2 aliphatic rings. The van der Waals surface area contributed by atoms with E-state index in [-0.39, 0.29) is 18.4 Å². The quantitative estimate of drug-likeness (QED) is 0.494. The lowest BCUT2D eigenvalue weighted by Crippen LogP contribution is -2.33. The number of benzene rings is 1. The van der Waals surface area contributed by atoms with Crippen LogP contribution in [-0.4, -0.2) is 42.6 Å². The summed E-state index contributed by atoms with van der Waals surface area (Å²) in [6.07, 6.45) is 4.68. The summed E-state index contributed by atoms with van der Waals surface area (Å²) in [6.45, 7) is 3.29. The van der Waals surface area contributed by atoms with Crippen LogP contribution in [0.25, 0.3) is 0 Å². The molecule has 5 atom stereocenters. The predicted molar refractivity (Wildman–Crippen MR) is 96.0 cm³/mol. The summed E-state index contributed by atoms with van der Waals surface area (Å²) < 4.78 is 18.0. The number of hydrogen-bond donors (Lipinski definition) is 2. The number of rotatable bonds is 10. The fraction of sp³-hybridized carbons (Fsp3) is 0.650. The Hall–Kier alpha value is -1.63. The van der Waals surface area contributed by atoms with Gasteiger partial charge in [-0.2, -0.15) is 0 Å². The van der Waals surface area contributed by atoms with Crippen molar-refractivity contribution in [2.75, 3.05) is 13.2 Å².